The summed E-state index contributed by atoms with van der Waals surface area (Å²) in [5, 5.41) is 0.709. The SMILES string of the molecule is CCOc1ccc(/C=C2/Sc3ccc(C(=O)N4CCN(c5ccc(Cl)cc5)CC4)cc3N(C)C2=O)cc1OC. The molecule has 2 aliphatic heterocycles. The van der Waals surface area contributed by atoms with Crippen molar-refractivity contribution in [1.29, 1.82) is 0 Å². The van der Waals surface area contributed by atoms with Gasteiger partial charge >= 0.3 is 0 Å². The van der Waals surface area contributed by atoms with Crippen LogP contribution in [0.25, 0.3) is 6.08 Å². The Bertz CT molecular complexity index is 1420. The summed E-state index contributed by atoms with van der Waals surface area (Å²) < 4.78 is 11.0. The van der Waals surface area contributed by atoms with E-state index >= 15 is 0 Å². The van der Waals surface area contributed by atoms with Crippen LogP contribution >= 0.6 is 23.4 Å². The summed E-state index contributed by atoms with van der Waals surface area (Å²) in [6, 6.07) is 19.0. The zero-order valence-corrected chi connectivity index (χ0v) is 23.7. The van der Waals surface area contributed by atoms with Crippen LogP contribution in [0.3, 0.4) is 0 Å². The number of likely N-dealkylation sites (N-methyl/N-ethyl adjacent to an activating group) is 1. The number of thioether (sulfide) groups is 1. The first kappa shape index (κ1) is 27.0. The van der Waals surface area contributed by atoms with E-state index in [1.165, 1.54) is 11.8 Å². The second-order valence-corrected chi connectivity index (χ2v) is 10.8. The van der Waals surface area contributed by atoms with E-state index in [2.05, 4.69) is 4.90 Å². The zero-order chi connectivity index (χ0) is 27.5. The molecule has 9 heteroatoms. The third-order valence-corrected chi connectivity index (χ3v) is 8.18. The number of rotatable bonds is 6. The fraction of sp³-hybridized carbons (Fsp3) is 0.267. The summed E-state index contributed by atoms with van der Waals surface area (Å²) in [7, 11) is 3.34. The van der Waals surface area contributed by atoms with Gasteiger partial charge in [0.25, 0.3) is 11.8 Å². The van der Waals surface area contributed by atoms with Crippen LogP contribution < -0.4 is 19.3 Å². The van der Waals surface area contributed by atoms with E-state index < -0.39 is 0 Å². The number of hydrogen-bond donors (Lipinski definition) is 0. The number of anilines is 2. The predicted molar refractivity (Wildman–Crippen MR) is 157 cm³/mol. The van der Waals surface area contributed by atoms with Crippen LogP contribution in [-0.4, -0.2) is 63.7 Å². The summed E-state index contributed by atoms with van der Waals surface area (Å²) in [4.78, 5) is 33.9. The van der Waals surface area contributed by atoms with Gasteiger partial charge in [0.05, 0.1) is 24.3 Å². The Hall–Kier alpha value is -3.62. The Morgan fingerprint density at radius 3 is 2.44 bits per heavy atom. The van der Waals surface area contributed by atoms with E-state index in [1.807, 2.05) is 78.6 Å². The number of carbonyl (C=O) groups is 2. The number of amides is 2. The number of ether oxygens (including phenoxy) is 2. The van der Waals surface area contributed by atoms with E-state index in [4.69, 9.17) is 21.1 Å². The van der Waals surface area contributed by atoms with Crippen molar-refractivity contribution in [2.24, 2.45) is 0 Å². The molecule has 1 saturated heterocycles. The lowest BCUT2D eigenvalue weighted by molar-refractivity contribution is -0.114. The molecule has 202 valence electrons. The first-order valence-corrected chi connectivity index (χ1v) is 14.0. The molecular formula is C30H30ClN3O4S. The van der Waals surface area contributed by atoms with Gasteiger partial charge in [0.2, 0.25) is 0 Å². The lowest BCUT2D eigenvalue weighted by Crippen LogP contribution is -2.48. The lowest BCUT2D eigenvalue weighted by Gasteiger charge is -2.36. The van der Waals surface area contributed by atoms with E-state index in [1.54, 1.807) is 19.1 Å². The number of fused-ring (bicyclic) bond motifs is 1. The van der Waals surface area contributed by atoms with Gasteiger partial charge in [-0.1, -0.05) is 29.4 Å². The molecule has 3 aromatic carbocycles. The summed E-state index contributed by atoms with van der Waals surface area (Å²) in [5.74, 6) is 1.13. The molecule has 2 amide bonds. The molecule has 0 aromatic heterocycles. The quantitative estimate of drug-likeness (QED) is 0.352. The fourth-order valence-electron chi connectivity index (χ4n) is 4.73. The average molecular weight is 564 g/mol. The summed E-state index contributed by atoms with van der Waals surface area (Å²) in [6.45, 7) is 5.20. The predicted octanol–water partition coefficient (Wildman–Crippen LogP) is 5.82. The fourth-order valence-corrected chi connectivity index (χ4v) is 5.95. The molecule has 39 heavy (non-hydrogen) atoms. The van der Waals surface area contributed by atoms with Gasteiger partial charge in [0.15, 0.2) is 11.5 Å². The molecule has 5 rings (SSSR count). The van der Waals surface area contributed by atoms with E-state index in [0.29, 0.717) is 46.7 Å². The molecule has 0 saturated carbocycles. The molecule has 2 aliphatic rings. The topological polar surface area (TPSA) is 62.3 Å². The normalized spacial score (nSPS) is 16.4. The molecule has 1 fully saturated rings. The van der Waals surface area contributed by atoms with Crippen molar-refractivity contribution < 1.29 is 19.1 Å². The van der Waals surface area contributed by atoms with Crippen LogP contribution in [0.4, 0.5) is 11.4 Å². The van der Waals surface area contributed by atoms with Gasteiger partial charge in [-0.05, 0) is 73.2 Å². The average Bonchev–Trinajstić information content (AvgIpc) is 2.96. The summed E-state index contributed by atoms with van der Waals surface area (Å²) in [6.07, 6.45) is 1.85. The monoisotopic (exact) mass is 563 g/mol. The van der Waals surface area contributed by atoms with E-state index in [0.717, 1.165) is 34.9 Å². The Morgan fingerprint density at radius 2 is 1.74 bits per heavy atom. The minimum Gasteiger partial charge on any atom is -0.493 e. The smallest absolute Gasteiger partial charge is 0.264 e. The molecule has 0 bridgehead atoms. The van der Waals surface area contributed by atoms with Crippen LogP contribution in [0.1, 0.15) is 22.8 Å². The number of carbonyl (C=O) groups excluding carboxylic acids is 2. The molecule has 3 aromatic rings. The highest BCUT2D eigenvalue weighted by molar-refractivity contribution is 8.04. The number of piperazine rings is 1. The van der Waals surface area contributed by atoms with Crippen LogP contribution in [0.5, 0.6) is 11.5 Å². The van der Waals surface area contributed by atoms with Crippen molar-refractivity contribution in [3.63, 3.8) is 0 Å². The Balaban J connectivity index is 1.30. The molecule has 0 unspecified atom stereocenters. The van der Waals surface area contributed by atoms with Gasteiger partial charge in [0.1, 0.15) is 0 Å². The van der Waals surface area contributed by atoms with Gasteiger partial charge in [-0.2, -0.15) is 0 Å². The second kappa shape index (κ2) is 11.6. The standard InChI is InChI=1S/C30H30ClN3O4S/c1-4-38-25-11-5-20(17-26(25)37-3)18-28-30(36)32(2)24-19-21(6-12-27(24)39-28)29(35)34-15-13-33(14-16-34)23-9-7-22(31)8-10-23/h5-12,17-19H,4,13-16H2,1-3H3/b28-18+. The Labute approximate surface area is 237 Å². The zero-order valence-electron chi connectivity index (χ0n) is 22.1. The van der Waals surface area contributed by atoms with Gasteiger partial charge < -0.3 is 24.2 Å². The maximum atomic E-state index is 13.3. The van der Waals surface area contributed by atoms with Crippen molar-refractivity contribution in [2.75, 3.05) is 56.7 Å². The van der Waals surface area contributed by atoms with Gasteiger partial charge in [-0.15, -0.1) is 0 Å². The van der Waals surface area contributed by atoms with Crippen molar-refractivity contribution in [3.8, 4) is 11.5 Å². The minimum atomic E-state index is -0.124. The minimum absolute atomic E-state index is 0.0257. The molecule has 7 nitrogen and oxygen atoms in total. The van der Waals surface area contributed by atoms with Crippen LogP contribution in [-0.2, 0) is 4.79 Å². The van der Waals surface area contributed by atoms with Crippen molar-refractivity contribution in [3.05, 3.63) is 81.7 Å². The first-order chi connectivity index (χ1) is 18.9. The molecule has 0 radical (unpaired) electrons. The molecule has 0 N–H and O–H groups in total. The Kier molecular flexibility index (Phi) is 8.04. The third kappa shape index (κ3) is 5.72. The second-order valence-electron chi connectivity index (χ2n) is 9.26. The van der Waals surface area contributed by atoms with Crippen LogP contribution in [0.15, 0.2) is 70.5 Å². The molecule has 0 aliphatic carbocycles. The van der Waals surface area contributed by atoms with Gasteiger partial charge in [-0.3, -0.25) is 9.59 Å². The number of methoxy groups -OCH3 is 1. The number of benzene rings is 3. The highest BCUT2D eigenvalue weighted by Crippen LogP contribution is 2.42. The van der Waals surface area contributed by atoms with E-state index in [-0.39, 0.29) is 11.8 Å². The third-order valence-electron chi connectivity index (χ3n) is 6.85. The summed E-state index contributed by atoms with van der Waals surface area (Å²) >= 11 is 7.42. The van der Waals surface area contributed by atoms with Crippen molar-refractivity contribution in [2.45, 2.75) is 11.8 Å². The highest BCUT2D eigenvalue weighted by atomic mass is 35.5. The number of nitrogens with zero attached hydrogens (tertiary/aromatic N) is 3. The van der Waals surface area contributed by atoms with E-state index in [9.17, 15) is 9.59 Å². The number of hydrogen-bond acceptors (Lipinski definition) is 6. The maximum absolute atomic E-state index is 13.3. The van der Waals surface area contributed by atoms with Gasteiger partial charge in [-0.25, -0.2) is 0 Å². The Morgan fingerprint density at radius 1 is 1.00 bits per heavy atom. The van der Waals surface area contributed by atoms with Crippen molar-refractivity contribution in [1.82, 2.24) is 4.90 Å². The highest BCUT2D eigenvalue weighted by Gasteiger charge is 2.29. The number of halogens is 1. The molecular weight excluding hydrogens is 534 g/mol. The largest absolute Gasteiger partial charge is 0.493 e. The summed E-state index contributed by atoms with van der Waals surface area (Å²) in [5.41, 5.74) is 3.26. The van der Waals surface area contributed by atoms with Gasteiger partial charge in [0, 0.05) is 54.4 Å². The van der Waals surface area contributed by atoms with Crippen molar-refractivity contribution >= 4 is 52.6 Å². The molecule has 0 spiro atoms. The molecule has 2 heterocycles. The van der Waals surface area contributed by atoms with Crippen LogP contribution in [0, 0.1) is 0 Å². The molecule has 0 atom stereocenters. The lowest BCUT2D eigenvalue weighted by atomic mass is 10.1. The van der Waals surface area contributed by atoms with Crippen LogP contribution in [0.2, 0.25) is 5.02 Å². The first-order valence-electron chi connectivity index (χ1n) is 12.8. The maximum Gasteiger partial charge on any atom is 0.264 e.